The third kappa shape index (κ3) is 3.10. The standard InChI is InChI=1S/C17H24N4/c1-3-8-18-14(2)15-4-6-16(7-5-15)21-12-11-20-10-9-19-17(20)13-21/h4-7,9-10,14,18H,3,8,11-13H2,1-2H3. The van der Waals surface area contributed by atoms with Crippen LogP contribution in [0.1, 0.15) is 37.7 Å². The number of benzene rings is 1. The van der Waals surface area contributed by atoms with Gasteiger partial charge < -0.3 is 14.8 Å². The molecule has 2 heterocycles. The molecule has 2 aromatic rings. The number of rotatable bonds is 5. The molecule has 1 aliphatic heterocycles. The van der Waals surface area contributed by atoms with E-state index in [2.05, 4.69) is 64.1 Å². The van der Waals surface area contributed by atoms with E-state index >= 15 is 0 Å². The fraction of sp³-hybridized carbons (Fsp3) is 0.471. The monoisotopic (exact) mass is 284 g/mol. The highest BCUT2D eigenvalue weighted by molar-refractivity contribution is 5.48. The lowest BCUT2D eigenvalue weighted by atomic mass is 10.1. The third-order valence-corrected chi connectivity index (χ3v) is 4.20. The zero-order valence-electron chi connectivity index (χ0n) is 12.9. The predicted molar refractivity (Wildman–Crippen MR) is 86.4 cm³/mol. The van der Waals surface area contributed by atoms with Crippen molar-refractivity contribution in [2.75, 3.05) is 18.0 Å². The summed E-state index contributed by atoms with van der Waals surface area (Å²) >= 11 is 0. The SMILES string of the molecule is CCCNC(C)c1ccc(N2CCn3ccnc3C2)cc1. The Kier molecular flexibility index (Phi) is 4.25. The van der Waals surface area contributed by atoms with Gasteiger partial charge in [0.05, 0.1) is 6.54 Å². The van der Waals surface area contributed by atoms with Gasteiger partial charge in [0.15, 0.2) is 0 Å². The van der Waals surface area contributed by atoms with Crippen molar-refractivity contribution >= 4 is 5.69 Å². The molecule has 4 nitrogen and oxygen atoms in total. The van der Waals surface area contributed by atoms with E-state index in [1.165, 1.54) is 17.7 Å². The van der Waals surface area contributed by atoms with Gasteiger partial charge in [-0.05, 0) is 37.6 Å². The zero-order valence-corrected chi connectivity index (χ0v) is 12.9. The first-order chi connectivity index (χ1) is 10.3. The maximum absolute atomic E-state index is 4.42. The van der Waals surface area contributed by atoms with Crippen molar-refractivity contribution < 1.29 is 0 Å². The molecule has 0 radical (unpaired) electrons. The van der Waals surface area contributed by atoms with Gasteiger partial charge in [0, 0.05) is 37.2 Å². The van der Waals surface area contributed by atoms with E-state index in [0.29, 0.717) is 6.04 Å². The van der Waals surface area contributed by atoms with Crippen LogP contribution >= 0.6 is 0 Å². The van der Waals surface area contributed by atoms with Crippen LogP contribution < -0.4 is 10.2 Å². The van der Waals surface area contributed by atoms with Crippen LogP contribution in [0.4, 0.5) is 5.69 Å². The molecule has 0 spiro atoms. The van der Waals surface area contributed by atoms with E-state index in [9.17, 15) is 0 Å². The molecule has 112 valence electrons. The van der Waals surface area contributed by atoms with E-state index in [1.54, 1.807) is 0 Å². The molecule has 0 amide bonds. The van der Waals surface area contributed by atoms with E-state index < -0.39 is 0 Å². The predicted octanol–water partition coefficient (Wildman–Crippen LogP) is 2.96. The van der Waals surface area contributed by atoms with Crippen molar-refractivity contribution in [1.82, 2.24) is 14.9 Å². The maximum Gasteiger partial charge on any atom is 0.128 e. The first-order valence-corrected chi connectivity index (χ1v) is 7.86. The summed E-state index contributed by atoms with van der Waals surface area (Å²) in [5.41, 5.74) is 2.64. The van der Waals surface area contributed by atoms with E-state index in [-0.39, 0.29) is 0 Å². The second-order valence-corrected chi connectivity index (χ2v) is 5.73. The van der Waals surface area contributed by atoms with Crippen molar-refractivity contribution in [1.29, 1.82) is 0 Å². The lowest BCUT2D eigenvalue weighted by molar-refractivity contribution is 0.558. The fourth-order valence-corrected chi connectivity index (χ4v) is 2.85. The van der Waals surface area contributed by atoms with Crippen molar-refractivity contribution in [3.05, 3.63) is 48.0 Å². The molecule has 1 aromatic heterocycles. The van der Waals surface area contributed by atoms with E-state index in [4.69, 9.17) is 0 Å². The second-order valence-electron chi connectivity index (χ2n) is 5.73. The number of aromatic nitrogens is 2. The topological polar surface area (TPSA) is 33.1 Å². The van der Waals surface area contributed by atoms with Crippen molar-refractivity contribution in [3.63, 3.8) is 0 Å². The summed E-state index contributed by atoms with van der Waals surface area (Å²) in [5.74, 6) is 1.16. The first-order valence-electron chi connectivity index (χ1n) is 7.86. The molecule has 0 aliphatic carbocycles. The molecule has 0 saturated carbocycles. The van der Waals surface area contributed by atoms with Crippen LogP contribution in [0.2, 0.25) is 0 Å². The average Bonchev–Trinajstić information content (AvgIpc) is 3.00. The van der Waals surface area contributed by atoms with Crippen LogP contribution in [0, 0.1) is 0 Å². The molecule has 3 rings (SSSR count). The summed E-state index contributed by atoms with van der Waals surface area (Å²) in [7, 11) is 0. The molecule has 1 aromatic carbocycles. The molecule has 0 bridgehead atoms. The Balaban J connectivity index is 1.67. The summed E-state index contributed by atoms with van der Waals surface area (Å²) in [6.45, 7) is 8.46. The summed E-state index contributed by atoms with van der Waals surface area (Å²) < 4.78 is 2.24. The Morgan fingerprint density at radius 2 is 2.05 bits per heavy atom. The highest BCUT2D eigenvalue weighted by atomic mass is 15.2. The number of hydrogen-bond acceptors (Lipinski definition) is 3. The normalized spacial score (nSPS) is 15.8. The molecule has 1 N–H and O–H groups in total. The molecule has 0 saturated heterocycles. The van der Waals surface area contributed by atoms with Crippen LogP contribution in [0.15, 0.2) is 36.7 Å². The van der Waals surface area contributed by atoms with Crippen LogP contribution in [0.5, 0.6) is 0 Å². The van der Waals surface area contributed by atoms with Gasteiger partial charge in [-0.2, -0.15) is 0 Å². The number of fused-ring (bicyclic) bond motifs is 1. The Morgan fingerprint density at radius 1 is 1.24 bits per heavy atom. The van der Waals surface area contributed by atoms with E-state index in [0.717, 1.165) is 32.0 Å². The minimum Gasteiger partial charge on any atom is -0.362 e. The maximum atomic E-state index is 4.42. The van der Waals surface area contributed by atoms with Crippen molar-refractivity contribution in [2.24, 2.45) is 0 Å². The zero-order chi connectivity index (χ0) is 14.7. The second kappa shape index (κ2) is 6.31. The quantitative estimate of drug-likeness (QED) is 0.916. The van der Waals surface area contributed by atoms with Gasteiger partial charge in [0.1, 0.15) is 5.82 Å². The Hall–Kier alpha value is -1.81. The van der Waals surface area contributed by atoms with Gasteiger partial charge in [-0.15, -0.1) is 0 Å². The number of nitrogens with zero attached hydrogens (tertiary/aromatic N) is 3. The average molecular weight is 284 g/mol. The Morgan fingerprint density at radius 3 is 2.81 bits per heavy atom. The van der Waals surface area contributed by atoms with Gasteiger partial charge in [0.25, 0.3) is 0 Å². The van der Waals surface area contributed by atoms with E-state index in [1.807, 2.05) is 6.20 Å². The van der Waals surface area contributed by atoms with Gasteiger partial charge >= 0.3 is 0 Å². The minimum absolute atomic E-state index is 0.416. The molecular weight excluding hydrogens is 260 g/mol. The van der Waals surface area contributed by atoms with Gasteiger partial charge in [-0.1, -0.05) is 19.1 Å². The lowest BCUT2D eigenvalue weighted by Gasteiger charge is -2.29. The van der Waals surface area contributed by atoms with Gasteiger partial charge in [-0.3, -0.25) is 0 Å². The Labute approximate surface area is 126 Å². The lowest BCUT2D eigenvalue weighted by Crippen LogP contribution is -2.33. The van der Waals surface area contributed by atoms with Crippen molar-refractivity contribution in [2.45, 2.75) is 39.4 Å². The molecule has 1 unspecified atom stereocenters. The molecule has 0 fully saturated rings. The molecular formula is C17H24N4. The van der Waals surface area contributed by atoms with Crippen LogP contribution in [0.3, 0.4) is 0 Å². The first kappa shape index (κ1) is 14.1. The summed E-state index contributed by atoms with van der Waals surface area (Å²) in [6, 6.07) is 9.36. The smallest absolute Gasteiger partial charge is 0.128 e. The highest BCUT2D eigenvalue weighted by Gasteiger charge is 2.16. The Bertz CT molecular complexity index is 573. The highest BCUT2D eigenvalue weighted by Crippen LogP contribution is 2.22. The number of nitrogens with one attached hydrogen (secondary N) is 1. The number of anilines is 1. The van der Waals surface area contributed by atoms with Gasteiger partial charge in [0.2, 0.25) is 0 Å². The molecule has 1 aliphatic rings. The fourth-order valence-electron chi connectivity index (χ4n) is 2.85. The number of hydrogen-bond donors (Lipinski definition) is 1. The van der Waals surface area contributed by atoms with Crippen LogP contribution in [0.25, 0.3) is 0 Å². The summed E-state index contributed by atoms with van der Waals surface area (Å²) in [4.78, 5) is 6.82. The van der Waals surface area contributed by atoms with Gasteiger partial charge in [-0.25, -0.2) is 4.98 Å². The summed E-state index contributed by atoms with van der Waals surface area (Å²) in [5, 5.41) is 3.53. The van der Waals surface area contributed by atoms with Crippen molar-refractivity contribution in [3.8, 4) is 0 Å². The number of imidazole rings is 1. The summed E-state index contributed by atoms with van der Waals surface area (Å²) in [6.07, 6.45) is 5.13. The van der Waals surface area contributed by atoms with Crippen LogP contribution in [-0.2, 0) is 13.1 Å². The van der Waals surface area contributed by atoms with Crippen LogP contribution in [-0.4, -0.2) is 22.6 Å². The molecule has 1 atom stereocenters. The largest absolute Gasteiger partial charge is 0.362 e. The minimum atomic E-state index is 0.416. The third-order valence-electron chi connectivity index (χ3n) is 4.20. The molecule has 4 heteroatoms. The molecule has 21 heavy (non-hydrogen) atoms.